The van der Waals surface area contributed by atoms with Gasteiger partial charge in [-0.15, -0.1) is 0 Å². The van der Waals surface area contributed by atoms with Gasteiger partial charge in [0, 0.05) is 6.42 Å². The van der Waals surface area contributed by atoms with Crippen LogP contribution in [-0.4, -0.2) is 21.4 Å². The monoisotopic (exact) mass is 285 g/mol. The number of hydrogen-bond acceptors (Lipinski definition) is 4. The Morgan fingerprint density at radius 2 is 2.00 bits per heavy atom. The van der Waals surface area contributed by atoms with Crippen LogP contribution in [-0.2, 0) is 9.59 Å². The molecule has 0 spiro atoms. The number of carbonyl (C=O) groups is 2. The molecule has 108 valence electrons. The van der Waals surface area contributed by atoms with E-state index < -0.39 is 11.9 Å². The fourth-order valence-electron chi connectivity index (χ4n) is 2.77. The molecule has 3 rings (SSSR count). The standard InChI is InChI=1S/C15H15N3O3/c1-8-4-3-5-10-13(8)16-9(2)18(15(10)21)11-6-7-12(19)17-14(11)20/h3-5,11H,6-7H2,1-2H3,(H,17,19,20). The smallest absolute Gasteiger partial charge is 0.262 e. The van der Waals surface area contributed by atoms with E-state index in [0.717, 1.165) is 5.56 Å². The zero-order valence-electron chi connectivity index (χ0n) is 11.8. The van der Waals surface area contributed by atoms with E-state index in [4.69, 9.17) is 0 Å². The number of para-hydroxylation sites is 1. The molecule has 6 heteroatoms. The second-order valence-electron chi connectivity index (χ2n) is 5.27. The molecule has 1 fully saturated rings. The van der Waals surface area contributed by atoms with Crippen LogP contribution >= 0.6 is 0 Å². The van der Waals surface area contributed by atoms with Gasteiger partial charge in [0.1, 0.15) is 11.9 Å². The number of carbonyl (C=O) groups excluding carboxylic acids is 2. The molecule has 0 radical (unpaired) electrons. The highest BCUT2D eigenvalue weighted by molar-refractivity contribution is 5.99. The van der Waals surface area contributed by atoms with Crippen molar-refractivity contribution in [3.8, 4) is 0 Å². The molecular formula is C15H15N3O3. The molecule has 2 heterocycles. The lowest BCUT2D eigenvalue weighted by Crippen LogP contribution is -2.45. The van der Waals surface area contributed by atoms with Gasteiger partial charge in [0.15, 0.2) is 0 Å². The molecule has 6 nitrogen and oxygen atoms in total. The van der Waals surface area contributed by atoms with Gasteiger partial charge in [-0.2, -0.15) is 0 Å². The molecule has 1 aromatic heterocycles. The molecule has 0 saturated carbocycles. The molecule has 21 heavy (non-hydrogen) atoms. The van der Waals surface area contributed by atoms with Gasteiger partial charge in [-0.05, 0) is 31.9 Å². The number of amides is 2. The van der Waals surface area contributed by atoms with Gasteiger partial charge in [0.25, 0.3) is 5.56 Å². The second kappa shape index (κ2) is 4.80. The number of imide groups is 1. The van der Waals surface area contributed by atoms with E-state index in [1.165, 1.54) is 4.57 Å². The summed E-state index contributed by atoms with van der Waals surface area (Å²) < 4.78 is 1.39. The number of aryl methyl sites for hydroxylation is 2. The minimum atomic E-state index is -0.674. The number of nitrogens with zero attached hydrogens (tertiary/aromatic N) is 2. The van der Waals surface area contributed by atoms with Crippen LogP contribution in [0.3, 0.4) is 0 Å². The van der Waals surface area contributed by atoms with Gasteiger partial charge in [0.05, 0.1) is 10.9 Å². The highest BCUT2D eigenvalue weighted by Crippen LogP contribution is 2.20. The summed E-state index contributed by atoms with van der Waals surface area (Å²) in [7, 11) is 0. The third kappa shape index (κ3) is 2.12. The van der Waals surface area contributed by atoms with E-state index >= 15 is 0 Å². The third-order valence-electron chi connectivity index (χ3n) is 3.83. The first-order chi connectivity index (χ1) is 9.99. The molecule has 1 N–H and O–H groups in total. The minimum Gasteiger partial charge on any atom is -0.295 e. The summed E-state index contributed by atoms with van der Waals surface area (Å²) >= 11 is 0. The number of benzene rings is 1. The van der Waals surface area contributed by atoms with E-state index in [1.807, 2.05) is 13.0 Å². The number of rotatable bonds is 1. The van der Waals surface area contributed by atoms with Crippen molar-refractivity contribution in [1.82, 2.24) is 14.9 Å². The van der Waals surface area contributed by atoms with Crippen molar-refractivity contribution < 1.29 is 9.59 Å². The average Bonchev–Trinajstić information content (AvgIpc) is 2.42. The van der Waals surface area contributed by atoms with Crippen molar-refractivity contribution in [2.24, 2.45) is 0 Å². The van der Waals surface area contributed by atoms with Gasteiger partial charge in [0.2, 0.25) is 11.8 Å². The fraction of sp³-hybridized carbons (Fsp3) is 0.333. The minimum absolute atomic E-state index is 0.230. The van der Waals surface area contributed by atoms with Crippen LogP contribution in [0.2, 0.25) is 0 Å². The molecule has 0 bridgehead atoms. The Labute approximate surface area is 120 Å². The van der Waals surface area contributed by atoms with Crippen LogP contribution in [0, 0.1) is 13.8 Å². The average molecular weight is 285 g/mol. The first kappa shape index (κ1) is 13.5. The summed E-state index contributed by atoms with van der Waals surface area (Å²) in [5.74, 6) is -0.256. The fourth-order valence-corrected chi connectivity index (χ4v) is 2.77. The second-order valence-corrected chi connectivity index (χ2v) is 5.27. The predicted octanol–water partition coefficient (Wildman–Crippen LogP) is 0.991. The van der Waals surface area contributed by atoms with Gasteiger partial charge < -0.3 is 0 Å². The van der Waals surface area contributed by atoms with E-state index in [-0.39, 0.29) is 17.9 Å². The molecular weight excluding hydrogens is 270 g/mol. The number of fused-ring (bicyclic) bond motifs is 1. The summed E-state index contributed by atoms with van der Waals surface area (Å²) in [6, 6.07) is 4.72. The number of piperidine rings is 1. The number of aromatic nitrogens is 2. The van der Waals surface area contributed by atoms with Crippen molar-refractivity contribution in [3.05, 3.63) is 39.9 Å². The molecule has 1 atom stereocenters. The van der Waals surface area contributed by atoms with Crippen LogP contribution in [0.15, 0.2) is 23.0 Å². The Morgan fingerprint density at radius 1 is 1.24 bits per heavy atom. The molecule has 1 aliphatic rings. The summed E-state index contributed by atoms with van der Waals surface area (Å²) in [5.41, 5.74) is 1.34. The van der Waals surface area contributed by atoms with Crippen LogP contribution < -0.4 is 10.9 Å². The molecule has 2 amide bonds. The third-order valence-corrected chi connectivity index (χ3v) is 3.83. The first-order valence-electron chi connectivity index (χ1n) is 6.81. The van der Waals surface area contributed by atoms with Crippen LogP contribution in [0.1, 0.15) is 30.3 Å². The summed E-state index contributed by atoms with van der Waals surface area (Å²) in [4.78, 5) is 40.4. The van der Waals surface area contributed by atoms with E-state index in [1.54, 1.807) is 19.1 Å². The normalized spacial score (nSPS) is 18.9. The van der Waals surface area contributed by atoms with Crippen LogP contribution in [0.25, 0.3) is 10.9 Å². The lowest BCUT2D eigenvalue weighted by atomic mass is 10.0. The Kier molecular flexibility index (Phi) is 3.08. The maximum Gasteiger partial charge on any atom is 0.262 e. The lowest BCUT2D eigenvalue weighted by Gasteiger charge is -2.24. The van der Waals surface area contributed by atoms with E-state index in [9.17, 15) is 14.4 Å². The van der Waals surface area contributed by atoms with Crippen molar-refractivity contribution >= 4 is 22.7 Å². The molecule has 2 aromatic rings. The lowest BCUT2D eigenvalue weighted by molar-refractivity contribution is -0.135. The number of nitrogens with one attached hydrogen (secondary N) is 1. The molecule has 1 aliphatic heterocycles. The van der Waals surface area contributed by atoms with Crippen molar-refractivity contribution in [2.75, 3.05) is 0 Å². The summed E-state index contributed by atoms with van der Waals surface area (Å²) in [6.45, 7) is 3.60. The van der Waals surface area contributed by atoms with Crippen molar-refractivity contribution in [3.63, 3.8) is 0 Å². The van der Waals surface area contributed by atoms with Crippen molar-refractivity contribution in [1.29, 1.82) is 0 Å². The first-order valence-corrected chi connectivity index (χ1v) is 6.81. The highest BCUT2D eigenvalue weighted by atomic mass is 16.2. The quantitative estimate of drug-likeness (QED) is 0.792. The van der Waals surface area contributed by atoms with E-state index in [2.05, 4.69) is 10.3 Å². The largest absolute Gasteiger partial charge is 0.295 e. The summed E-state index contributed by atoms with van der Waals surface area (Å²) in [6.07, 6.45) is 0.554. The van der Waals surface area contributed by atoms with Crippen LogP contribution in [0.4, 0.5) is 0 Å². The Morgan fingerprint density at radius 3 is 2.71 bits per heavy atom. The molecule has 1 saturated heterocycles. The highest BCUT2D eigenvalue weighted by Gasteiger charge is 2.30. The Bertz CT molecular complexity index is 823. The van der Waals surface area contributed by atoms with Gasteiger partial charge in [-0.1, -0.05) is 12.1 Å². The molecule has 1 unspecified atom stereocenters. The Hall–Kier alpha value is -2.50. The summed E-state index contributed by atoms with van der Waals surface area (Å²) in [5, 5.41) is 2.77. The maximum absolute atomic E-state index is 12.7. The molecule has 0 aliphatic carbocycles. The van der Waals surface area contributed by atoms with Crippen molar-refractivity contribution in [2.45, 2.75) is 32.7 Å². The van der Waals surface area contributed by atoms with Crippen LogP contribution in [0.5, 0.6) is 0 Å². The zero-order chi connectivity index (χ0) is 15.1. The number of hydrogen-bond donors (Lipinski definition) is 1. The van der Waals surface area contributed by atoms with E-state index in [0.29, 0.717) is 23.1 Å². The van der Waals surface area contributed by atoms with Gasteiger partial charge in [-0.25, -0.2) is 4.98 Å². The maximum atomic E-state index is 12.7. The molecule has 1 aromatic carbocycles. The van der Waals surface area contributed by atoms with Gasteiger partial charge in [-0.3, -0.25) is 24.3 Å². The SMILES string of the molecule is Cc1cccc2c(=O)n(C3CCC(=O)NC3=O)c(C)nc12. The predicted molar refractivity (Wildman–Crippen MR) is 76.9 cm³/mol. The zero-order valence-corrected chi connectivity index (χ0v) is 11.8. The van der Waals surface area contributed by atoms with Gasteiger partial charge >= 0.3 is 0 Å². The topological polar surface area (TPSA) is 81.1 Å². The Balaban J connectivity index is 2.22.